The average molecular weight is 603 g/mol. The number of fused-ring (bicyclic) bond motifs is 2. The Bertz CT molecular complexity index is 1170. The summed E-state index contributed by atoms with van der Waals surface area (Å²) >= 11 is 10.4. The lowest BCUT2D eigenvalue weighted by Gasteiger charge is -2.39. The largest absolute Gasteiger partial charge is 0.773 e. The van der Waals surface area contributed by atoms with Crippen molar-refractivity contribution < 1.29 is 32.6 Å². The van der Waals surface area contributed by atoms with Crippen LogP contribution in [-0.4, -0.2) is 55.1 Å². The molecule has 2 heterocycles. The van der Waals surface area contributed by atoms with Gasteiger partial charge in [-0.1, -0.05) is 34.3 Å². The molecule has 2 aliphatic heterocycles. The van der Waals surface area contributed by atoms with E-state index in [9.17, 15) is 9.18 Å². The van der Waals surface area contributed by atoms with Gasteiger partial charge in [0.05, 0.1) is 5.56 Å². The van der Waals surface area contributed by atoms with Crippen LogP contribution in [0.15, 0.2) is 30.3 Å². The molecule has 0 spiro atoms. The van der Waals surface area contributed by atoms with Crippen LogP contribution in [0.5, 0.6) is 5.75 Å². The molecular formula is C27H32Cl2FN2O6S-. The van der Waals surface area contributed by atoms with E-state index in [1.165, 1.54) is 6.07 Å². The van der Waals surface area contributed by atoms with Crippen LogP contribution in [0.4, 0.5) is 4.39 Å². The smallest absolute Gasteiger partial charge is 0.300 e. The minimum Gasteiger partial charge on any atom is -0.773 e. The molecule has 3 fully saturated rings. The van der Waals surface area contributed by atoms with Crippen molar-refractivity contribution >= 4 is 46.2 Å². The van der Waals surface area contributed by atoms with Gasteiger partial charge in [-0.3, -0.25) is 18.7 Å². The van der Waals surface area contributed by atoms with E-state index >= 15 is 0 Å². The van der Waals surface area contributed by atoms with Crippen LogP contribution >= 0.6 is 23.2 Å². The number of carbonyl (C=O) groups excluding carboxylic acids is 1. The van der Waals surface area contributed by atoms with Gasteiger partial charge in [0, 0.05) is 35.6 Å². The molecule has 2 bridgehead atoms. The van der Waals surface area contributed by atoms with Gasteiger partial charge in [0.25, 0.3) is 11.9 Å². The molecule has 1 aliphatic carbocycles. The first-order valence-corrected chi connectivity index (χ1v) is 14.8. The number of benzene rings is 2. The number of piperidine rings is 1. The van der Waals surface area contributed by atoms with Crippen LogP contribution in [0.25, 0.3) is 0 Å². The molecule has 8 nitrogen and oxygen atoms in total. The summed E-state index contributed by atoms with van der Waals surface area (Å²) in [7, 11) is 0. The number of amides is 1. The monoisotopic (exact) mass is 601 g/mol. The maximum atomic E-state index is 14.5. The zero-order valence-electron chi connectivity index (χ0n) is 21.7. The molecule has 5 rings (SSSR count). The number of hydrogen-bond acceptors (Lipinski definition) is 6. The van der Waals surface area contributed by atoms with Crippen molar-refractivity contribution in [3.05, 3.63) is 62.9 Å². The molecule has 1 amide bonds. The van der Waals surface area contributed by atoms with Gasteiger partial charge in [-0.15, -0.1) is 0 Å². The lowest BCUT2D eigenvalue weighted by atomic mass is 9.95. The van der Waals surface area contributed by atoms with E-state index in [2.05, 4.69) is 4.90 Å². The minimum atomic E-state index is -1.86. The molecule has 0 radical (unpaired) electrons. The summed E-state index contributed by atoms with van der Waals surface area (Å²) in [4.78, 5) is 23.1. The first-order chi connectivity index (χ1) is 18.3. The minimum absolute atomic E-state index is 0.000845. The van der Waals surface area contributed by atoms with Crippen molar-refractivity contribution in [3.63, 3.8) is 0 Å². The van der Waals surface area contributed by atoms with Gasteiger partial charge in [0.1, 0.15) is 17.7 Å². The predicted molar refractivity (Wildman–Crippen MR) is 148 cm³/mol. The number of aliphatic carboxylic acids is 1. The van der Waals surface area contributed by atoms with Crippen LogP contribution in [0, 0.1) is 5.82 Å². The molecule has 1 saturated carbocycles. The van der Waals surface area contributed by atoms with Gasteiger partial charge in [0.2, 0.25) is 0 Å². The number of nitrogens with two attached hydrogens (primary N) is 1. The summed E-state index contributed by atoms with van der Waals surface area (Å²) in [6.45, 7) is 1.78. The molecule has 2 aromatic rings. The van der Waals surface area contributed by atoms with E-state index < -0.39 is 28.8 Å². The molecule has 0 aromatic heterocycles. The SMILES string of the molecule is CC(=O)O.CS(=O)[O-].NC(=O)c1cc(C2CC2)c(CN2[C@@H]3CC[C@H]2CC(Oc2cc(Cl)cc(Cl)c2)C3)cc1F. The summed E-state index contributed by atoms with van der Waals surface area (Å²) in [6.07, 6.45) is 7.43. The summed E-state index contributed by atoms with van der Waals surface area (Å²) in [6, 6.07) is 9.30. The average Bonchev–Trinajstić information content (AvgIpc) is 3.59. The Morgan fingerprint density at radius 3 is 2.08 bits per heavy atom. The Morgan fingerprint density at radius 1 is 1.10 bits per heavy atom. The van der Waals surface area contributed by atoms with Crippen molar-refractivity contribution in [1.82, 2.24) is 4.90 Å². The van der Waals surface area contributed by atoms with Crippen molar-refractivity contribution in [2.75, 3.05) is 6.26 Å². The normalized spacial score (nSPS) is 22.6. The molecular weight excluding hydrogens is 570 g/mol. The topological polar surface area (TPSA) is 133 Å². The number of halogens is 3. The lowest BCUT2D eigenvalue weighted by molar-refractivity contribution is -0.134. The number of rotatable bonds is 6. The first-order valence-electron chi connectivity index (χ1n) is 12.5. The van der Waals surface area contributed by atoms with Crippen LogP contribution in [-0.2, 0) is 22.4 Å². The fourth-order valence-electron chi connectivity index (χ4n) is 5.30. The summed E-state index contributed by atoms with van der Waals surface area (Å²) in [5, 5.41) is 8.55. The van der Waals surface area contributed by atoms with E-state index in [0.29, 0.717) is 40.3 Å². The van der Waals surface area contributed by atoms with E-state index in [1.807, 2.05) is 0 Å². The highest BCUT2D eigenvalue weighted by Gasteiger charge is 2.42. The molecule has 2 aromatic carbocycles. The third kappa shape index (κ3) is 9.42. The van der Waals surface area contributed by atoms with Crippen LogP contribution in [0.1, 0.15) is 72.9 Å². The molecule has 2 saturated heterocycles. The van der Waals surface area contributed by atoms with Crippen LogP contribution in [0.2, 0.25) is 10.0 Å². The third-order valence-corrected chi connectivity index (χ3v) is 7.28. The quantitative estimate of drug-likeness (QED) is 0.431. The highest BCUT2D eigenvalue weighted by molar-refractivity contribution is 7.78. The summed E-state index contributed by atoms with van der Waals surface area (Å²) in [5.74, 6) is -0.935. The number of hydrogen-bond donors (Lipinski definition) is 2. The number of carbonyl (C=O) groups is 2. The van der Waals surface area contributed by atoms with Crippen molar-refractivity contribution in [2.24, 2.45) is 5.73 Å². The number of carboxylic acid groups (broad SMARTS) is 1. The van der Waals surface area contributed by atoms with Crippen molar-refractivity contribution in [2.45, 2.75) is 76.1 Å². The van der Waals surface area contributed by atoms with E-state index in [1.54, 1.807) is 24.3 Å². The maximum absolute atomic E-state index is 14.5. The Morgan fingerprint density at radius 2 is 1.62 bits per heavy atom. The van der Waals surface area contributed by atoms with E-state index in [4.69, 9.17) is 52.3 Å². The first kappa shape index (κ1) is 31.3. The fraction of sp³-hybridized carbons (Fsp3) is 0.481. The van der Waals surface area contributed by atoms with Crippen LogP contribution in [0.3, 0.4) is 0 Å². The van der Waals surface area contributed by atoms with Crippen molar-refractivity contribution in [3.8, 4) is 5.75 Å². The third-order valence-electron chi connectivity index (χ3n) is 6.84. The second kappa shape index (κ2) is 13.9. The maximum Gasteiger partial charge on any atom is 0.300 e. The molecule has 3 N–H and O–H groups in total. The van der Waals surface area contributed by atoms with Gasteiger partial charge in [-0.2, -0.15) is 0 Å². The second-order valence-corrected chi connectivity index (χ2v) is 11.6. The summed E-state index contributed by atoms with van der Waals surface area (Å²) < 4.78 is 38.8. The molecule has 12 heteroatoms. The standard InChI is InChI=1S/C24H25Cl2FN2O2.C2H4O2.CH4O2S/c25-15-6-16(26)8-19(7-15)31-20-9-17-3-4-18(10-20)29(17)12-14-5-23(27)22(24(28)30)11-21(14)13-1-2-13;1-2(3)4;1-4(2)3/h5-8,11,13,17-18,20H,1-4,9-10,12H2,(H2,28,30);1H3,(H,3,4);1H3,(H,2,3)/p-1/t17-,18+,20?;;. The molecule has 2 unspecified atom stereocenters. The van der Waals surface area contributed by atoms with E-state index in [-0.39, 0.29) is 11.7 Å². The number of carboxylic acids is 1. The highest BCUT2D eigenvalue weighted by Crippen LogP contribution is 2.44. The predicted octanol–water partition coefficient (Wildman–Crippen LogP) is 5.27. The molecule has 3 aliphatic rings. The number of primary amides is 1. The Labute approximate surface area is 239 Å². The van der Waals surface area contributed by atoms with Gasteiger partial charge >= 0.3 is 0 Å². The Kier molecular flexibility index (Phi) is 11.1. The van der Waals surface area contributed by atoms with Gasteiger partial charge in [0.15, 0.2) is 0 Å². The van der Waals surface area contributed by atoms with Crippen molar-refractivity contribution in [1.29, 1.82) is 0 Å². The van der Waals surface area contributed by atoms with Gasteiger partial charge in [-0.05, 0) is 92.2 Å². The van der Waals surface area contributed by atoms with Crippen LogP contribution < -0.4 is 10.5 Å². The second-order valence-electron chi connectivity index (χ2n) is 9.96. The molecule has 4 atom stereocenters. The Balaban J connectivity index is 0.000000466. The Hall–Kier alpha value is -2.24. The molecule has 39 heavy (non-hydrogen) atoms. The number of ether oxygens (including phenoxy) is 1. The van der Waals surface area contributed by atoms with E-state index in [0.717, 1.165) is 62.8 Å². The number of nitrogens with zero attached hydrogens (tertiary/aromatic N) is 1. The summed E-state index contributed by atoms with van der Waals surface area (Å²) in [5.41, 5.74) is 7.44. The molecule has 214 valence electrons. The zero-order chi connectivity index (χ0) is 28.9. The zero-order valence-corrected chi connectivity index (χ0v) is 24.0. The lowest BCUT2D eigenvalue weighted by Crippen LogP contribution is -2.45. The van der Waals surface area contributed by atoms with Gasteiger partial charge < -0.3 is 20.1 Å². The fourth-order valence-corrected chi connectivity index (χ4v) is 5.80. The van der Waals surface area contributed by atoms with Gasteiger partial charge in [-0.25, -0.2) is 4.39 Å². The highest BCUT2D eigenvalue weighted by atomic mass is 35.5.